The summed E-state index contributed by atoms with van der Waals surface area (Å²) in [6, 6.07) is 4.21. The van der Waals surface area contributed by atoms with E-state index in [1.807, 2.05) is 0 Å². The van der Waals surface area contributed by atoms with Crippen molar-refractivity contribution in [2.75, 3.05) is 13.1 Å². The zero-order chi connectivity index (χ0) is 13.0. The fourth-order valence-electron chi connectivity index (χ4n) is 2.26. The molecule has 1 fully saturated rings. The highest BCUT2D eigenvalue weighted by atomic mass is 35.5. The van der Waals surface area contributed by atoms with E-state index in [0.717, 1.165) is 19.4 Å². The Labute approximate surface area is 125 Å². The third-order valence-corrected chi connectivity index (χ3v) is 4.76. The molecule has 0 aromatic carbocycles. The highest BCUT2D eigenvalue weighted by molar-refractivity contribution is 7.10. The van der Waals surface area contributed by atoms with Crippen LogP contribution in [0.5, 0.6) is 0 Å². The van der Waals surface area contributed by atoms with Crippen LogP contribution in [-0.4, -0.2) is 25.0 Å². The van der Waals surface area contributed by atoms with Crippen molar-refractivity contribution < 1.29 is 4.79 Å². The molecule has 0 radical (unpaired) electrons. The van der Waals surface area contributed by atoms with Crippen LogP contribution < -0.4 is 10.6 Å². The lowest BCUT2D eigenvalue weighted by molar-refractivity contribution is -0.123. The lowest BCUT2D eigenvalue weighted by Crippen LogP contribution is -2.49. The zero-order valence-corrected chi connectivity index (χ0v) is 13.2. The summed E-state index contributed by atoms with van der Waals surface area (Å²) in [7, 11) is 0. The van der Waals surface area contributed by atoms with Crippen molar-refractivity contribution in [3.63, 3.8) is 0 Å². The Morgan fingerprint density at radius 1 is 1.53 bits per heavy atom. The molecule has 1 aromatic rings. The van der Waals surface area contributed by atoms with E-state index < -0.39 is 0 Å². The third kappa shape index (κ3) is 4.48. The van der Waals surface area contributed by atoms with E-state index in [-0.39, 0.29) is 29.8 Å². The molecule has 5 heteroatoms. The fraction of sp³-hybridized carbons (Fsp3) is 0.643. The quantitative estimate of drug-likeness (QED) is 0.898. The highest BCUT2D eigenvalue weighted by Crippen LogP contribution is 2.26. The lowest BCUT2D eigenvalue weighted by atomic mass is 9.91. The molecule has 1 atom stereocenters. The second-order valence-electron chi connectivity index (χ2n) is 5.58. The Morgan fingerprint density at radius 3 is 2.89 bits per heavy atom. The van der Waals surface area contributed by atoms with Gasteiger partial charge in [-0.1, -0.05) is 26.3 Å². The molecule has 0 bridgehead atoms. The number of carbonyl (C=O) groups is 1. The summed E-state index contributed by atoms with van der Waals surface area (Å²) in [5.74, 6) is 0.152. The average molecular weight is 303 g/mol. The molecule has 2 rings (SSSR count). The second-order valence-corrected chi connectivity index (χ2v) is 6.53. The number of rotatable bonds is 4. The molecule has 19 heavy (non-hydrogen) atoms. The molecule has 0 spiro atoms. The number of halogens is 1. The zero-order valence-electron chi connectivity index (χ0n) is 11.6. The Balaban J connectivity index is 0.00000180. The van der Waals surface area contributed by atoms with Crippen molar-refractivity contribution in [2.45, 2.75) is 44.6 Å². The number of thiophene rings is 1. The second kappa shape index (κ2) is 7.27. The molecule has 0 saturated carbocycles. The number of nitrogens with one attached hydrogen (secondary N) is 2. The Morgan fingerprint density at radius 2 is 2.32 bits per heavy atom. The van der Waals surface area contributed by atoms with Crippen molar-refractivity contribution in [2.24, 2.45) is 0 Å². The fourth-order valence-corrected chi connectivity index (χ4v) is 3.11. The third-order valence-electron chi connectivity index (χ3n) is 3.52. The van der Waals surface area contributed by atoms with Gasteiger partial charge in [-0.15, -0.1) is 23.7 Å². The maximum Gasteiger partial charge on any atom is 0.237 e. The summed E-state index contributed by atoms with van der Waals surface area (Å²) in [6.07, 6.45) is 3.30. The van der Waals surface area contributed by atoms with Crippen molar-refractivity contribution in [1.29, 1.82) is 0 Å². The van der Waals surface area contributed by atoms with Crippen molar-refractivity contribution >= 4 is 29.7 Å². The first kappa shape index (κ1) is 16.5. The molecule has 2 heterocycles. The first-order valence-electron chi connectivity index (χ1n) is 6.65. The van der Waals surface area contributed by atoms with Crippen LogP contribution in [-0.2, 0) is 10.2 Å². The monoisotopic (exact) mass is 302 g/mol. The van der Waals surface area contributed by atoms with Gasteiger partial charge in [0.1, 0.15) is 0 Å². The Hall–Kier alpha value is -0.580. The minimum absolute atomic E-state index is 0. The van der Waals surface area contributed by atoms with E-state index in [1.54, 1.807) is 11.3 Å². The SMILES string of the molecule is CC(C)(CNC(=O)C1CCCCN1)c1cccs1.Cl. The van der Waals surface area contributed by atoms with Gasteiger partial charge in [0.15, 0.2) is 0 Å². The summed E-state index contributed by atoms with van der Waals surface area (Å²) < 4.78 is 0. The van der Waals surface area contributed by atoms with Crippen LogP contribution >= 0.6 is 23.7 Å². The van der Waals surface area contributed by atoms with E-state index in [4.69, 9.17) is 0 Å². The van der Waals surface area contributed by atoms with Crippen LogP contribution in [0, 0.1) is 0 Å². The van der Waals surface area contributed by atoms with E-state index in [9.17, 15) is 4.79 Å². The van der Waals surface area contributed by atoms with Crippen LogP contribution in [0.4, 0.5) is 0 Å². The predicted molar refractivity (Wildman–Crippen MR) is 83.2 cm³/mol. The van der Waals surface area contributed by atoms with E-state index in [2.05, 4.69) is 42.0 Å². The minimum atomic E-state index is 0. The maximum absolute atomic E-state index is 12.0. The minimum Gasteiger partial charge on any atom is -0.354 e. The average Bonchev–Trinajstić information content (AvgIpc) is 2.92. The Bertz CT molecular complexity index is 386. The van der Waals surface area contributed by atoms with Gasteiger partial charge in [-0.05, 0) is 30.8 Å². The van der Waals surface area contributed by atoms with E-state index in [1.165, 1.54) is 11.3 Å². The molecule has 1 unspecified atom stereocenters. The maximum atomic E-state index is 12.0. The summed E-state index contributed by atoms with van der Waals surface area (Å²) in [4.78, 5) is 13.4. The van der Waals surface area contributed by atoms with Crippen LogP contribution in [0.3, 0.4) is 0 Å². The molecule has 1 aliphatic heterocycles. The van der Waals surface area contributed by atoms with E-state index >= 15 is 0 Å². The molecule has 1 aliphatic rings. The van der Waals surface area contributed by atoms with Crippen LogP contribution in [0.25, 0.3) is 0 Å². The number of piperidine rings is 1. The van der Waals surface area contributed by atoms with Gasteiger partial charge in [0.25, 0.3) is 0 Å². The summed E-state index contributed by atoms with van der Waals surface area (Å²) >= 11 is 1.75. The number of hydrogen-bond donors (Lipinski definition) is 2. The van der Waals surface area contributed by atoms with Gasteiger partial charge in [0, 0.05) is 16.8 Å². The Kier molecular flexibility index (Phi) is 6.30. The molecular weight excluding hydrogens is 280 g/mol. The predicted octanol–water partition coefficient (Wildman–Crippen LogP) is 2.71. The van der Waals surface area contributed by atoms with Crippen molar-refractivity contribution in [3.05, 3.63) is 22.4 Å². The molecule has 1 aromatic heterocycles. The van der Waals surface area contributed by atoms with Gasteiger partial charge in [-0.3, -0.25) is 4.79 Å². The molecule has 0 aliphatic carbocycles. The molecule has 3 nitrogen and oxygen atoms in total. The molecule has 1 saturated heterocycles. The topological polar surface area (TPSA) is 41.1 Å². The molecule has 1 amide bonds. The van der Waals surface area contributed by atoms with E-state index in [0.29, 0.717) is 6.54 Å². The molecule has 108 valence electrons. The smallest absolute Gasteiger partial charge is 0.237 e. The molecule has 2 N–H and O–H groups in total. The van der Waals surface area contributed by atoms with Gasteiger partial charge in [0.2, 0.25) is 5.91 Å². The first-order chi connectivity index (χ1) is 8.59. The summed E-state index contributed by atoms with van der Waals surface area (Å²) in [6.45, 7) is 6.01. The summed E-state index contributed by atoms with van der Waals surface area (Å²) in [5.41, 5.74) is 0.0124. The van der Waals surface area contributed by atoms with Crippen molar-refractivity contribution in [3.8, 4) is 0 Å². The number of carbonyl (C=O) groups excluding carboxylic acids is 1. The largest absolute Gasteiger partial charge is 0.354 e. The highest BCUT2D eigenvalue weighted by Gasteiger charge is 2.25. The van der Waals surface area contributed by atoms with Gasteiger partial charge < -0.3 is 10.6 Å². The normalized spacial score (nSPS) is 19.6. The van der Waals surface area contributed by atoms with Crippen LogP contribution in [0.15, 0.2) is 17.5 Å². The van der Waals surface area contributed by atoms with Crippen LogP contribution in [0.2, 0.25) is 0 Å². The number of amides is 1. The van der Waals surface area contributed by atoms with Gasteiger partial charge in [-0.2, -0.15) is 0 Å². The first-order valence-corrected chi connectivity index (χ1v) is 7.53. The lowest BCUT2D eigenvalue weighted by Gasteiger charge is -2.27. The van der Waals surface area contributed by atoms with Crippen molar-refractivity contribution in [1.82, 2.24) is 10.6 Å². The number of hydrogen-bond acceptors (Lipinski definition) is 3. The van der Waals surface area contributed by atoms with Gasteiger partial charge in [-0.25, -0.2) is 0 Å². The standard InChI is InChI=1S/C14H22N2OS.ClH/c1-14(2,12-7-5-9-18-12)10-16-13(17)11-6-3-4-8-15-11;/h5,7,9,11,15H,3-4,6,8,10H2,1-2H3,(H,16,17);1H. The molecular formula is C14H23ClN2OS. The van der Waals surface area contributed by atoms with Crippen LogP contribution in [0.1, 0.15) is 38.0 Å². The summed E-state index contributed by atoms with van der Waals surface area (Å²) in [5, 5.41) is 8.45. The van der Waals surface area contributed by atoms with Gasteiger partial charge >= 0.3 is 0 Å². The van der Waals surface area contributed by atoms with Gasteiger partial charge in [0.05, 0.1) is 6.04 Å².